The Hall–Kier alpha value is -2.76. The molecule has 3 rings (SSSR count). The minimum atomic E-state index is -0.669. The van der Waals surface area contributed by atoms with Gasteiger partial charge in [0.2, 0.25) is 5.91 Å². The van der Waals surface area contributed by atoms with E-state index in [1.165, 1.54) is 24.3 Å². The van der Waals surface area contributed by atoms with Gasteiger partial charge in [0.05, 0.1) is 6.54 Å². The summed E-state index contributed by atoms with van der Waals surface area (Å²) in [5, 5.41) is 0. The van der Waals surface area contributed by atoms with Gasteiger partial charge in [-0.15, -0.1) is 0 Å². The lowest BCUT2D eigenvalue weighted by Gasteiger charge is -2.20. The molecule has 1 aliphatic rings. The molecule has 0 saturated carbocycles. The third kappa shape index (κ3) is 3.42. The maximum absolute atomic E-state index is 13.6. The van der Waals surface area contributed by atoms with Gasteiger partial charge in [0.1, 0.15) is 18.2 Å². The molecule has 1 fully saturated rings. The van der Waals surface area contributed by atoms with E-state index in [4.69, 9.17) is 4.74 Å². The standard InChI is InChI=1S/C18H15F2NO3/c19-14-6-4-12(5-7-14)16(13-2-1-3-15(20)10-13)11-17(22)21-8-9-24-18(21)23/h1-7,10,16H,8-9,11H2/t16-/m1/s1. The van der Waals surface area contributed by atoms with Crippen LogP contribution in [0.25, 0.3) is 0 Å². The summed E-state index contributed by atoms with van der Waals surface area (Å²) in [7, 11) is 0. The van der Waals surface area contributed by atoms with Crippen LogP contribution in [0.5, 0.6) is 0 Å². The number of cyclic esters (lactones) is 1. The zero-order chi connectivity index (χ0) is 17.1. The number of hydrogen-bond donors (Lipinski definition) is 0. The lowest BCUT2D eigenvalue weighted by molar-refractivity contribution is -0.128. The van der Waals surface area contributed by atoms with Crippen molar-refractivity contribution in [2.24, 2.45) is 0 Å². The number of rotatable bonds is 4. The topological polar surface area (TPSA) is 46.6 Å². The van der Waals surface area contributed by atoms with Crippen LogP contribution in [0, 0.1) is 11.6 Å². The first-order valence-electron chi connectivity index (χ1n) is 7.52. The molecule has 1 atom stereocenters. The summed E-state index contributed by atoms with van der Waals surface area (Å²) in [6.45, 7) is 0.378. The summed E-state index contributed by atoms with van der Waals surface area (Å²) in [4.78, 5) is 25.0. The zero-order valence-electron chi connectivity index (χ0n) is 12.7. The van der Waals surface area contributed by atoms with Gasteiger partial charge in [-0.2, -0.15) is 0 Å². The lowest BCUT2D eigenvalue weighted by Crippen LogP contribution is -2.32. The highest BCUT2D eigenvalue weighted by Crippen LogP contribution is 2.30. The number of carbonyl (C=O) groups is 2. The SMILES string of the molecule is O=C(C[C@H](c1ccc(F)cc1)c1cccc(F)c1)N1CCOC1=O. The first-order valence-corrected chi connectivity index (χ1v) is 7.52. The Morgan fingerprint density at radius 1 is 1.08 bits per heavy atom. The molecule has 0 N–H and O–H groups in total. The Balaban J connectivity index is 1.91. The van der Waals surface area contributed by atoms with E-state index in [-0.39, 0.29) is 19.6 Å². The fraction of sp³-hybridized carbons (Fsp3) is 0.222. The molecule has 2 aromatic rings. The summed E-state index contributed by atoms with van der Waals surface area (Å²) >= 11 is 0. The fourth-order valence-electron chi connectivity index (χ4n) is 2.75. The number of carbonyl (C=O) groups excluding carboxylic acids is 2. The van der Waals surface area contributed by atoms with Crippen LogP contribution in [0.2, 0.25) is 0 Å². The molecule has 2 amide bonds. The summed E-state index contributed by atoms with van der Waals surface area (Å²) in [5.41, 5.74) is 1.26. The zero-order valence-corrected chi connectivity index (χ0v) is 12.7. The lowest BCUT2D eigenvalue weighted by atomic mass is 9.88. The van der Waals surface area contributed by atoms with Crippen molar-refractivity contribution in [1.29, 1.82) is 0 Å². The first-order chi connectivity index (χ1) is 11.5. The maximum atomic E-state index is 13.6. The highest BCUT2D eigenvalue weighted by Gasteiger charge is 2.30. The van der Waals surface area contributed by atoms with E-state index in [0.29, 0.717) is 11.1 Å². The van der Waals surface area contributed by atoms with Crippen molar-refractivity contribution in [3.63, 3.8) is 0 Å². The van der Waals surface area contributed by atoms with Crippen molar-refractivity contribution in [3.8, 4) is 0 Å². The summed E-state index contributed by atoms with van der Waals surface area (Å²) in [6.07, 6.45) is -0.707. The van der Waals surface area contributed by atoms with Crippen LogP contribution in [0.4, 0.5) is 13.6 Å². The monoisotopic (exact) mass is 331 g/mol. The molecule has 1 aliphatic heterocycles. The molecule has 4 nitrogen and oxygen atoms in total. The van der Waals surface area contributed by atoms with Crippen LogP contribution in [-0.2, 0) is 9.53 Å². The van der Waals surface area contributed by atoms with Crippen LogP contribution in [0.1, 0.15) is 23.5 Å². The van der Waals surface area contributed by atoms with E-state index >= 15 is 0 Å². The van der Waals surface area contributed by atoms with Gasteiger partial charge >= 0.3 is 6.09 Å². The van der Waals surface area contributed by atoms with Gasteiger partial charge in [-0.1, -0.05) is 24.3 Å². The number of halogens is 2. The Bertz CT molecular complexity index is 761. The van der Waals surface area contributed by atoms with Gasteiger partial charge in [0, 0.05) is 12.3 Å². The Morgan fingerprint density at radius 2 is 1.83 bits per heavy atom. The molecule has 0 unspecified atom stereocenters. The average Bonchev–Trinajstić information content (AvgIpc) is 2.99. The van der Waals surface area contributed by atoms with E-state index in [1.54, 1.807) is 24.3 Å². The number of ether oxygens (including phenoxy) is 1. The number of nitrogens with zero attached hydrogens (tertiary/aromatic N) is 1. The van der Waals surface area contributed by atoms with Crippen molar-refractivity contribution in [1.82, 2.24) is 4.90 Å². The molecule has 0 radical (unpaired) electrons. The molecule has 24 heavy (non-hydrogen) atoms. The minimum absolute atomic E-state index is 0.0375. The second-order valence-electron chi connectivity index (χ2n) is 5.52. The first kappa shape index (κ1) is 16.1. The van der Waals surface area contributed by atoms with E-state index in [0.717, 1.165) is 4.90 Å². The molecule has 0 spiro atoms. The second-order valence-corrected chi connectivity index (χ2v) is 5.52. The smallest absolute Gasteiger partial charge is 0.416 e. The molecule has 0 aliphatic carbocycles. The minimum Gasteiger partial charge on any atom is -0.447 e. The van der Waals surface area contributed by atoms with Crippen molar-refractivity contribution in [3.05, 3.63) is 71.3 Å². The summed E-state index contributed by atoms with van der Waals surface area (Å²) in [5.74, 6) is -1.71. The molecule has 1 heterocycles. The predicted molar refractivity (Wildman–Crippen MR) is 82.3 cm³/mol. The Labute approximate surface area is 137 Å². The average molecular weight is 331 g/mol. The van der Waals surface area contributed by atoms with Gasteiger partial charge in [-0.25, -0.2) is 18.5 Å². The molecular weight excluding hydrogens is 316 g/mol. The summed E-state index contributed by atoms with van der Waals surface area (Å²) in [6, 6.07) is 11.6. The summed E-state index contributed by atoms with van der Waals surface area (Å²) < 4.78 is 31.5. The molecule has 0 bridgehead atoms. The van der Waals surface area contributed by atoms with Crippen molar-refractivity contribution < 1.29 is 23.1 Å². The van der Waals surface area contributed by atoms with Gasteiger partial charge < -0.3 is 4.74 Å². The van der Waals surface area contributed by atoms with E-state index in [1.807, 2.05) is 0 Å². The second kappa shape index (κ2) is 6.78. The van der Waals surface area contributed by atoms with Crippen molar-refractivity contribution in [2.45, 2.75) is 12.3 Å². The Kier molecular flexibility index (Phi) is 4.55. The molecule has 2 aromatic carbocycles. The number of imide groups is 1. The van der Waals surface area contributed by atoms with Crippen molar-refractivity contribution >= 4 is 12.0 Å². The highest BCUT2D eigenvalue weighted by molar-refractivity contribution is 5.93. The Morgan fingerprint density at radius 3 is 2.46 bits per heavy atom. The van der Waals surface area contributed by atoms with E-state index < -0.39 is 29.6 Å². The van der Waals surface area contributed by atoms with Gasteiger partial charge in [-0.3, -0.25) is 4.79 Å². The van der Waals surface area contributed by atoms with Gasteiger partial charge in [-0.05, 0) is 35.4 Å². The fourth-order valence-corrected chi connectivity index (χ4v) is 2.75. The number of amides is 2. The molecule has 0 aromatic heterocycles. The molecule has 6 heteroatoms. The van der Waals surface area contributed by atoms with E-state index in [9.17, 15) is 18.4 Å². The molecule has 124 valence electrons. The van der Waals surface area contributed by atoms with Crippen LogP contribution < -0.4 is 0 Å². The third-order valence-corrected chi connectivity index (χ3v) is 3.96. The quantitative estimate of drug-likeness (QED) is 0.862. The normalized spacial score (nSPS) is 15.2. The molecule has 1 saturated heterocycles. The highest BCUT2D eigenvalue weighted by atomic mass is 19.1. The van der Waals surface area contributed by atoms with Gasteiger partial charge in [0.15, 0.2) is 0 Å². The van der Waals surface area contributed by atoms with Crippen molar-refractivity contribution in [2.75, 3.05) is 13.2 Å². The molecular formula is C18H15F2NO3. The largest absolute Gasteiger partial charge is 0.447 e. The van der Waals surface area contributed by atoms with Crippen LogP contribution >= 0.6 is 0 Å². The van der Waals surface area contributed by atoms with E-state index in [2.05, 4.69) is 0 Å². The number of hydrogen-bond acceptors (Lipinski definition) is 3. The van der Waals surface area contributed by atoms with Crippen LogP contribution in [-0.4, -0.2) is 30.1 Å². The maximum Gasteiger partial charge on any atom is 0.416 e. The van der Waals surface area contributed by atoms with Crippen LogP contribution in [0.3, 0.4) is 0 Å². The number of benzene rings is 2. The van der Waals surface area contributed by atoms with Gasteiger partial charge in [0.25, 0.3) is 0 Å². The predicted octanol–water partition coefficient (Wildman–Crippen LogP) is 3.47. The van der Waals surface area contributed by atoms with Crippen LogP contribution in [0.15, 0.2) is 48.5 Å². The third-order valence-electron chi connectivity index (χ3n) is 3.96.